The second-order valence-corrected chi connectivity index (χ2v) is 5.03. The number of benzene rings is 1. The van der Waals surface area contributed by atoms with Crippen molar-refractivity contribution >= 4 is 0 Å². The molecule has 0 saturated heterocycles. The summed E-state index contributed by atoms with van der Waals surface area (Å²) in [6, 6.07) is 6.70. The van der Waals surface area contributed by atoms with Crippen LogP contribution in [-0.4, -0.2) is 5.11 Å². The van der Waals surface area contributed by atoms with Gasteiger partial charge in [0.15, 0.2) is 0 Å². The second-order valence-electron chi connectivity index (χ2n) is 5.03. The highest BCUT2D eigenvalue weighted by atomic mass is 16.3. The molecule has 1 heteroatoms. The average molecular weight is 218 g/mol. The molecule has 1 N–H and O–H groups in total. The van der Waals surface area contributed by atoms with E-state index in [0.29, 0.717) is 5.92 Å². The van der Waals surface area contributed by atoms with Crippen LogP contribution in [0.25, 0.3) is 0 Å². The van der Waals surface area contributed by atoms with Crippen LogP contribution in [0.1, 0.15) is 68.2 Å². The molecule has 88 valence electrons. The minimum atomic E-state index is -0.235. The summed E-state index contributed by atoms with van der Waals surface area (Å²) in [5.41, 5.74) is 3.93. The van der Waals surface area contributed by atoms with Crippen LogP contribution in [0.2, 0.25) is 0 Å². The lowest BCUT2D eigenvalue weighted by Crippen LogP contribution is -2.01. The Morgan fingerprint density at radius 1 is 1.38 bits per heavy atom. The fourth-order valence-electron chi connectivity index (χ4n) is 2.50. The van der Waals surface area contributed by atoms with Crippen molar-refractivity contribution in [3.8, 4) is 0 Å². The smallest absolute Gasteiger partial charge is 0.0792 e. The number of rotatable bonds is 2. The maximum Gasteiger partial charge on any atom is 0.0792 e. The molecule has 1 unspecified atom stereocenters. The predicted octanol–water partition coefficient (Wildman–Crippen LogP) is 3.96. The van der Waals surface area contributed by atoms with Gasteiger partial charge in [-0.3, -0.25) is 0 Å². The van der Waals surface area contributed by atoms with E-state index in [0.717, 1.165) is 25.7 Å². The molecule has 1 aromatic rings. The Morgan fingerprint density at radius 2 is 2.19 bits per heavy atom. The zero-order chi connectivity index (χ0) is 11.5. The molecule has 0 saturated carbocycles. The third-order valence-electron chi connectivity index (χ3n) is 3.88. The van der Waals surface area contributed by atoms with E-state index >= 15 is 0 Å². The van der Waals surface area contributed by atoms with Crippen molar-refractivity contribution in [2.45, 2.75) is 58.0 Å². The van der Waals surface area contributed by atoms with Crippen LogP contribution in [0.15, 0.2) is 18.2 Å². The maximum absolute atomic E-state index is 10.1. The Kier molecular flexibility index (Phi) is 3.65. The van der Waals surface area contributed by atoms with Gasteiger partial charge in [0.25, 0.3) is 0 Å². The zero-order valence-electron chi connectivity index (χ0n) is 10.4. The van der Waals surface area contributed by atoms with Crippen LogP contribution in [0.5, 0.6) is 0 Å². The lowest BCUT2D eigenvalue weighted by Gasteiger charge is -2.16. The van der Waals surface area contributed by atoms with E-state index in [1.165, 1.54) is 23.1 Å². The van der Waals surface area contributed by atoms with E-state index in [1.807, 2.05) is 0 Å². The van der Waals surface area contributed by atoms with Crippen molar-refractivity contribution in [2.24, 2.45) is 0 Å². The molecule has 1 aromatic carbocycles. The molecule has 1 nitrogen and oxygen atoms in total. The Morgan fingerprint density at radius 3 is 2.94 bits per heavy atom. The van der Waals surface area contributed by atoms with Crippen molar-refractivity contribution in [1.82, 2.24) is 0 Å². The molecule has 1 aliphatic rings. The van der Waals surface area contributed by atoms with Crippen LogP contribution in [0, 0.1) is 0 Å². The van der Waals surface area contributed by atoms with Crippen molar-refractivity contribution in [3.63, 3.8) is 0 Å². The SMILES string of the molecule is CCC(C)c1ccc2c(c1)[C@H](O)CCCC2. The van der Waals surface area contributed by atoms with E-state index in [2.05, 4.69) is 32.0 Å². The number of aryl methyl sites for hydroxylation is 1. The molecule has 0 bridgehead atoms. The van der Waals surface area contributed by atoms with Gasteiger partial charge in [0.2, 0.25) is 0 Å². The largest absolute Gasteiger partial charge is 0.388 e. The molecule has 0 amide bonds. The molecule has 0 radical (unpaired) electrons. The third-order valence-corrected chi connectivity index (χ3v) is 3.88. The fraction of sp³-hybridized carbons (Fsp3) is 0.600. The number of hydrogen-bond acceptors (Lipinski definition) is 1. The standard InChI is InChI=1S/C15H22O/c1-3-11(2)13-9-8-12-6-4-5-7-15(16)14(12)10-13/h8-11,15-16H,3-7H2,1-2H3/t11?,15-/m1/s1. The van der Waals surface area contributed by atoms with Gasteiger partial charge in [-0.1, -0.05) is 38.5 Å². The number of fused-ring (bicyclic) bond motifs is 1. The van der Waals surface area contributed by atoms with Crippen molar-refractivity contribution in [3.05, 3.63) is 34.9 Å². The highest BCUT2D eigenvalue weighted by Crippen LogP contribution is 2.31. The molecular formula is C15H22O. The van der Waals surface area contributed by atoms with Crippen LogP contribution in [0.4, 0.5) is 0 Å². The van der Waals surface area contributed by atoms with Crippen LogP contribution >= 0.6 is 0 Å². The lowest BCUT2D eigenvalue weighted by atomic mass is 9.92. The highest BCUT2D eigenvalue weighted by molar-refractivity contribution is 5.36. The summed E-state index contributed by atoms with van der Waals surface area (Å²) in [6.45, 7) is 4.47. The fourth-order valence-corrected chi connectivity index (χ4v) is 2.50. The summed E-state index contributed by atoms with van der Waals surface area (Å²) in [7, 11) is 0. The van der Waals surface area contributed by atoms with E-state index in [4.69, 9.17) is 0 Å². The highest BCUT2D eigenvalue weighted by Gasteiger charge is 2.17. The zero-order valence-corrected chi connectivity index (χ0v) is 10.4. The second kappa shape index (κ2) is 5.01. The molecule has 0 spiro atoms. The molecular weight excluding hydrogens is 196 g/mol. The van der Waals surface area contributed by atoms with E-state index in [9.17, 15) is 5.11 Å². The molecule has 0 heterocycles. The van der Waals surface area contributed by atoms with Crippen LogP contribution in [0.3, 0.4) is 0 Å². The van der Waals surface area contributed by atoms with Gasteiger partial charge in [-0.25, -0.2) is 0 Å². The topological polar surface area (TPSA) is 20.2 Å². The van der Waals surface area contributed by atoms with E-state index in [-0.39, 0.29) is 6.10 Å². The summed E-state index contributed by atoms with van der Waals surface area (Å²) in [5.74, 6) is 0.598. The van der Waals surface area contributed by atoms with Crippen molar-refractivity contribution < 1.29 is 5.11 Å². The van der Waals surface area contributed by atoms with Gasteiger partial charge < -0.3 is 5.11 Å². The first-order valence-electron chi connectivity index (χ1n) is 6.53. The van der Waals surface area contributed by atoms with Gasteiger partial charge in [-0.05, 0) is 48.3 Å². The molecule has 0 aromatic heterocycles. The first-order valence-corrected chi connectivity index (χ1v) is 6.53. The van der Waals surface area contributed by atoms with Gasteiger partial charge in [-0.15, -0.1) is 0 Å². The van der Waals surface area contributed by atoms with E-state index in [1.54, 1.807) is 0 Å². The minimum Gasteiger partial charge on any atom is -0.388 e. The molecule has 1 aliphatic carbocycles. The summed E-state index contributed by atoms with van der Waals surface area (Å²) in [5, 5.41) is 10.1. The van der Waals surface area contributed by atoms with Gasteiger partial charge in [-0.2, -0.15) is 0 Å². The maximum atomic E-state index is 10.1. The first kappa shape index (κ1) is 11.7. The molecule has 0 fully saturated rings. The summed E-state index contributed by atoms with van der Waals surface area (Å²) in [6.07, 6.45) is 5.35. The predicted molar refractivity (Wildman–Crippen MR) is 67.7 cm³/mol. The summed E-state index contributed by atoms with van der Waals surface area (Å²) < 4.78 is 0. The molecule has 2 rings (SSSR count). The Bertz CT molecular complexity index is 356. The Hall–Kier alpha value is -0.820. The van der Waals surface area contributed by atoms with Gasteiger partial charge in [0, 0.05) is 0 Å². The van der Waals surface area contributed by atoms with Gasteiger partial charge >= 0.3 is 0 Å². The number of aliphatic hydroxyl groups is 1. The number of aliphatic hydroxyl groups excluding tert-OH is 1. The lowest BCUT2D eigenvalue weighted by molar-refractivity contribution is 0.166. The molecule has 16 heavy (non-hydrogen) atoms. The van der Waals surface area contributed by atoms with E-state index < -0.39 is 0 Å². The first-order chi connectivity index (χ1) is 7.72. The molecule has 2 atom stereocenters. The van der Waals surface area contributed by atoms with Gasteiger partial charge in [0.1, 0.15) is 0 Å². The normalized spacial score (nSPS) is 22.3. The summed E-state index contributed by atoms with van der Waals surface area (Å²) >= 11 is 0. The minimum absolute atomic E-state index is 0.235. The number of hydrogen-bond donors (Lipinski definition) is 1. The van der Waals surface area contributed by atoms with Crippen molar-refractivity contribution in [1.29, 1.82) is 0 Å². The van der Waals surface area contributed by atoms with Gasteiger partial charge in [0.05, 0.1) is 6.10 Å². The molecule has 0 aliphatic heterocycles. The quantitative estimate of drug-likeness (QED) is 0.745. The van der Waals surface area contributed by atoms with Crippen LogP contribution < -0.4 is 0 Å². The van der Waals surface area contributed by atoms with Crippen molar-refractivity contribution in [2.75, 3.05) is 0 Å². The van der Waals surface area contributed by atoms with Crippen LogP contribution in [-0.2, 0) is 6.42 Å². The summed E-state index contributed by atoms with van der Waals surface area (Å²) in [4.78, 5) is 0. The Balaban J connectivity index is 2.35. The average Bonchev–Trinajstić information content (AvgIpc) is 2.50. The third kappa shape index (κ3) is 2.30. The monoisotopic (exact) mass is 218 g/mol. The Labute approximate surface area is 98.5 Å².